The van der Waals surface area contributed by atoms with Crippen molar-refractivity contribution in [3.8, 4) is 0 Å². The number of aromatic nitrogens is 4. The molecule has 0 atom stereocenters. The van der Waals surface area contributed by atoms with Gasteiger partial charge in [-0.1, -0.05) is 12.8 Å². The fourth-order valence-corrected chi connectivity index (χ4v) is 5.56. The smallest absolute Gasteiger partial charge is 0.410 e. The Bertz CT molecular complexity index is 1430. The van der Waals surface area contributed by atoms with E-state index < -0.39 is 5.60 Å². The van der Waals surface area contributed by atoms with Crippen LogP contribution in [0, 0.1) is 6.92 Å². The first-order chi connectivity index (χ1) is 19.6. The average molecular weight is 564 g/mol. The molecule has 11 nitrogen and oxygen atoms in total. The van der Waals surface area contributed by atoms with Gasteiger partial charge >= 0.3 is 6.09 Å². The SMILES string of the molecule is CCOCc1c(C)c2cnc(Nc3ccc(N4CCN(C(=O)OC(C)(C)C)CC4)cn3)nc2n(C2CCCC2)c1=O. The largest absolute Gasteiger partial charge is 0.444 e. The van der Waals surface area contributed by atoms with Crippen molar-refractivity contribution in [3.05, 3.63) is 46.0 Å². The molecule has 0 unspecified atom stereocenters. The van der Waals surface area contributed by atoms with Crippen LogP contribution in [0.1, 0.15) is 70.5 Å². The average Bonchev–Trinajstić information content (AvgIpc) is 3.47. The third kappa shape index (κ3) is 6.45. The minimum absolute atomic E-state index is 0.0192. The number of hydrogen-bond acceptors (Lipinski definition) is 9. The van der Waals surface area contributed by atoms with E-state index in [0.717, 1.165) is 42.3 Å². The van der Waals surface area contributed by atoms with Crippen molar-refractivity contribution >= 4 is 34.6 Å². The number of carbonyl (C=O) groups excluding carboxylic acids is 1. The molecule has 0 bridgehead atoms. The van der Waals surface area contributed by atoms with Crippen LogP contribution in [0.15, 0.2) is 29.3 Å². The van der Waals surface area contributed by atoms with E-state index in [2.05, 4.69) is 20.2 Å². The number of anilines is 3. The van der Waals surface area contributed by atoms with Gasteiger partial charge in [-0.3, -0.25) is 9.36 Å². The van der Waals surface area contributed by atoms with E-state index in [1.807, 2.05) is 57.5 Å². The van der Waals surface area contributed by atoms with Crippen molar-refractivity contribution in [3.63, 3.8) is 0 Å². The van der Waals surface area contributed by atoms with Gasteiger partial charge in [-0.05, 0) is 65.2 Å². The predicted octanol–water partition coefficient (Wildman–Crippen LogP) is 4.95. The van der Waals surface area contributed by atoms with Crippen molar-refractivity contribution in [2.75, 3.05) is 43.0 Å². The maximum Gasteiger partial charge on any atom is 0.410 e. The van der Waals surface area contributed by atoms with E-state index in [1.54, 1.807) is 11.1 Å². The third-order valence-electron chi connectivity index (χ3n) is 7.76. The number of fused-ring (bicyclic) bond motifs is 1. The van der Waals surface area contributed by atoms with Crippen LogP contribution in [-0.2, 0) is 16.1 Å². The molecule has 2 fully saturated rings. The normalized spacial score (nSPS) is 16.4. The minimum atomic E-state index is -0.505. The van der Waals surface area contributed by atoms with Crippen molar-refractivity contribution < 1.29 is 14.3 Å². The second kappa shape index (κ2) is 12.0. The standard InChI is InChI=1S/C30H41N7O4/c1-6-40-19-24-20(2)23-18-32-28(34-26(23)37(27(24)38)21-9-7-8-10-21)33-25-12-11-22(17-31-25)35-13-15-36(16-14-35)29(39)41-30(3,4)5/h11-12,17-18,21H,6-10,13-16,19H2,1-5H3,(H,31,32,33,34). The third-order valence-corrected chi connectivity index (χ3v) is 7.76. The molecule has 1 saturated heterocycles. The monoisotopic (exact) mass is 563 g/mol. The summed E-state index contributed by atoms with van der Waals surface area (Å²) in [7, 11) is 0. The molecule has 0 spiro atoms. The molecule has 11 heteroatoms. The Hall–Kier alpha value is -3.73. The Kier molecular flexibility index (Phi) is 8.44. The fraction of sp³-hybridized carbons (Fsp3) is 0.567. The second-order valence-electron chi connectivity index (χ2n) is 11.8. The van der Waals surface area contributed by atoms with Gasteiger partial charge in [-0.2, -0.15) is 4.98 Å². The Morgan fingerprint density at radius 3 is 2.44 bits per heavy atom. The van der Waals surface area contributed by atoms with Crippen molar-refractivity contribution in [1.29, 1.82) is 0 Å². The number of nitrogens with one attached hydrogen (secondary N) is 1. The lowest BCUT2D eigenvalue weighted by molar-refractivity contribution is 0.0240. The van der Waals surface area contributed by atoms with Crippen molar-refractivity contribution in [2.45, 2.75) is 78.6 Å². The summed E-state index contributed by atoms with van der Waals surface area (Å²) in [6.07, 6.45) is 7.47. The van der Waals surface area contributed by atoms with Crippen molar-refractivity contribution in [1.82, 2.24) is 24.4 Å². The summed E-state index contributed by atoms with van der Waals surface area (Å²) in [4.78, 5) is 43.9. The highest BCUT2D eigenvalue weighted by Crippen LogP contribution is 2.32. The van der Waals surface area contributed by atoms with Crippen LogP contribution < -0.4 is 15.8 Å². The topological polar surface area (TPSA) is 115 Å². The Morgan fingerprint density at radius 1 is 1.07 bits per heavy atom. The molecule has 1 aliphatic carbocycles. The molecule has 1 aliphatic heterocycles. The lowest BCUT2D eigenvalue weighted by Crippen LogP contribution is -2.50. The van der Waals surface area contributed by atoms with Gasteiger partial charge in [-0.15, -0.1) is 0 Å². The van der Waals surface area contributed by atoms with Gasteiger partial charge in [0.2, 0.25) is 5.95 Å². The van der Waals surface area contributed by atoms with Gasteiger partial charge in [0.05, 0.1) is 18.5 Å². The van der Waals surface area contributed by atoms with Gasteiger partial charge < -0.3 is 24.6 Å². The summed E-state index contributed by atoms with van der Waals surface area (Å²) < 4.78 is 13.0. The summed E-state index contributed by atoms with van der Waals surface area (Å²) >= 11 is 0. The summed E-state index contributed by atoms with van der Waals surface area (Å²) in [6.45, 7) is 12.9. The van der Waals surface area contributed by atoms with Crippen LogP contribution in [0.25, 0.3) is 11.0 Å². The van der Waals surface area contributed by atoms with E-state index in [-0.39, 0.29) is 24.3 Å². The molecular weight excluding hydrogens is 522 g/mol. The number of hydrogen-bond donors (Lipinski definition) is 1. The van der Waals surface area contributed by atoms with Crippen LogP contribution in [0.4, 0.5) is 22.2 Å². The number of ether oxygens (including phenoxy) is 2. The van der Waals surface area contributed by atoms with Crippen LogP contribution in [0.3, 0.4) is 0 Å². The highest BCUT2D eigenvalue weighted by molar-refractivity contribution is 5.80. The van der Waals surface area contributed by atoms with E-state index in [0.29, 0.717) is 55.8 Å². The van der Waals surface area contributed by atoms with Gasteiger partial charge in [-0.25, -0.2) is 14.8 Å². The molecule has 1 amide bonds. The lowest BCUT2D eigenvalue weighted by Gasteiger charge is -2.36. The minimum Gasteiger partial charge on any atom is -0.444 e. The zero-order valence-corrected chi connectivity index (χ0v) is 24.8. The van der Waals surface area contributed by atoms with E-state index in [1.165, 1.54) is 0 Å². The zero-order chi connectivity index (χ0) is 29.1. The summed E-state index contributed by atoms with van der Waals surface area (Å²) in [5, 5.41) is 4.08. The molecule has 220 valence electrons. The summed E-state index contributed by atoms with van der Waals surface area (Å²) in [5.74, 6) is 1.01. The first-order valence-electron chi connectivity index (χ1n) is 14.6. The van der Waals surface area contributed by atoms with E-state index in [4.69, 9.17) is 14.5 Å². The highest BCUT2D eigenvalue weighted by atomic mass is 16.6. The first kappa shape index (κ1) is 28.8. The molecule has 0 aromatic carbocycles. The molecule has 4 heterocycles. The number of piperazine rings is 1. The number of pyridine rings is 2. The highest BCUT2D eigenvalue weighted by Gasteiger charge is 2.27. The fourth-order valence-electron chi connectivity index (χ4n) is 5.56. The Balaban J connectivity index is 1.32. The van der Waals surface area contributed by atoms with E-state index >= 15 is 0 Å². The number of rotatable bonds is 7. The van der Waals surface area contributed by atoms with Crippen LogP contribution in [-0.4, -0.2) is 68.9 Å². The lowest BCUT2D eigenvalue weighted by atomic mass is 10.1. The maximum absolute atomic E-state index is 13.6. The van der Waals surface area contributed by atoms with Crippen LogP contribution in [0.2, 0.25) is 0 Å². The number of carbonyl (C=O) groups is 1. The first-order valence-corrected chi connectivity index (χ1v) is 14.6. The van der Waals surface area contributed by atoms with Gasteiger partial charge in [0, 0.05) is 56.0 Å². The quantitative estimate of drug-likeness (QED) is 0.426. The van der Waals surface area contributed by atoms with Gasteiger partial charge in [0.15, 0.2) is 0 Å². The summed E-state index contributed by atoms with van der Waals surface area (Å²) in [5.41, 5.74) is 2.65. The Labute approximate surface area is 240 Å². The molecule has 1 N–H and O–H groups in total. The molecule has 3 aromatic rings. The van der Waals surface area contributed by atoms with Crippen LogP contribution >= 0.6 is 0 Å². The zero-order valence-electron chi connectivity index (χ0n) is 24.8. The molecule has 3 aromatic heterocycles. The maximum atomic E-state index is 13.6. The molecule has 2 aliphatic rings. The number of aryl methyl sites for hydroxylation is 1. The number of nitrogens with zero attached hydrogens (tertiary/aromatic N) is 6. The predicted molar refractivity (Wildman–Crippen MR) is 159 cm³/mol. The molecule has 1 saturated carbocycles. The number of amides is 1. The van der Waals surface area contributed by atoms with Gasteiger partial charge in [0.1, 0.15) is 17.1 Å². The summed E-state index contributed by atoms with van der Waals surface area (Å²) in [6, 6.07) is 4.02. The molecule has 0 radical (unpaired) electrons. The Morgan fingerprint density at radius 2 is 1.80 bits per heavy atom. The second-order valence-corrected chi connectivity index (χ2v) is 11.8. The van der Waals surface area contributed by atoms with Crippen LogP contribution in [0.5, 0.6) is 0 Å². The van der Waals surface area contributed by atoms with Gasteiger partial charge in [0.25, 0.3) is 5.56 Å². The van der Waals surface area contributed by atoms with Crippen molar-refractivity contribution in [2.24, 2.45) is 0 Å². The molecular formula is C30H41N7O4. The molecule has 41 heavy (non-hydrogen) atoms. The molecule has 5 rings (SSSR count). The van der Waals surface area contributed by atoms with E-state index in [9.17, 15) is 9.59 Å².